The second-order valence-electron chi connectivity index (χ2n) is 5.09. The monoisotopic (exact) mass is 1340 g/mol. The van der Waals surface area contributed by atoms with Crippen molar-refractivity contribution in [2.24, 2.45) is 0 Å². The summed E-state index contributed by atoms with van der Waals surface area (Å²) in [7, 11) is 8.47. The zero-order valence-electron chi connectivity index (χ0n) is 24.3. The van der Waals surface area contributed by atoms with Crippen LogP contribution >= 0.6 is 0 Å². The summed E-state index contributed by atoms with van der Waals surface area (Å²) in [5, 5.41) is 62.7. The molecule has 0 fully saturated rings. The Hall–Kier alpha value is 0.884. The van der Waals surface area contributed by atoms with Crippen molar-refractivity contribution in [3.8, 4) is 0 Å². The number of ether oxygens (including phenoxy) is 6. The molecule has 0 aromatic carbocycles. The predicted octanol–water partition coefficient (Wildman–Crippen LogP) is 9.27. The molecule has 0 aromatic heterocycles. The number of rotatable bonds is 14. The normalized spacial score (nSPS) is 5.52. The van der Waals surface area contributed by atoms with Crippen LogP contribution in [0.25, 0.3) is 0 Å². The summed E-state index contributed by atoms with van der Waals surface area (Å²) >= 11 is 0. The van der Waals surface area contributed by atoms with Crippen LogP contribution in [0.4, 0.5) is 0 Å². The van der Waals surface area contributed by atoms with Gasteiger partial charge in [0.25, 0.3) is 0 Å². The Labute approximate surface area is 419 Å². The number of methoxy groups -OCH3 is 2. The van der Waals surface area contributed by atoms with Crippen LogP contribution in [-0.4, -0.2) is 148 Å². The van der Waals surface area contributed by atoms with E-state index in [1.165, 1.54) is 0 Å². The quantitative estimate of drug-likeness (QED) is 0.0458. The Morgan fingerprint density at radius 2 is 0.534 bits per heavy atom. The first-order valence-corrected chi connectivity index (χ1v) is 10.9. The Morgan fingerprint density at radius 3 is 0.586 bits per heavy atom. The Kier molecular flexibility index (Phi) is 1080. The van der Waals surface area contributed by atoms with Gasteiger partial charge in [-0.25, -0.2) is 14.2 Å². The minimum atomic E-state index is -1.73. The molecule has 58 heavy (non-hydrogen) atoms. The molecule has 0 saturated heterocycles. The van der Waals surface area contributed by atoms with Crippen LogP contribution in [0.2, 0.25) is 0 Å². The molecule has 0 bridgehead atoms. The molecule has 0 rings (SSSR count). The van der Waals surface area contributed by atoms with Crippen molar-refractivity contribution >= 4 is 13.6 Å². The van der Waals surface area contributed by atoms with E-state index in [2.05, 4.69) is 33.2 Å². The van der Waals surface area contributed by atoms with Gasteiger partial charge >= 0.3 is 0 Å². The van der Waals surface area contributed by atoms with Crippen LogP contribution in [-0.2, 0) is 38.0 Å². The molecule has 0 heterocycles. The summed E-state index contributed by atoms with van der Waals surface area (Å²) in [4.78, 5) is 16.0. The number of carbonyl (C=O) groups excluding carboxylic acids is 2. The third-order valence-corrected chi connectivity index (χ3v) is 2.06. The van der Waals surface area contributed by atoms with Crippen molar-refractivity contribution < 1.29 is 141 Å². The second kappa shape index (κ2) is 302. The predicted molar refractivity (Wildman–Crippen MR) is 259 cm³/mol. The molecular formula is C40H126O16U2-2. The SMILES string of the molecule is C.C.C.C.C.C.C.C.C.C.C.C.C.C.C.C.C.C.C=O.C=O.CCCOCCO.CCCOCCO.COCCO.COCCO.[CH2-]OC(O)O.[CH2-]OC(O)O.[U].[U]. The first kappa shape index (κ1) is 207. The van der Waals surface area contributed by atoms with Crippen LogP contribution in [0.1, 0.15) is 160 Å². The van der Waals surface area contributed by atoms with Crippen LogP contribution in [0, 0.1) is 76.4 Å². The van der Waals surface area contributed by atoms with E-state index in [9.17, 15) is 0 Å². The number of hydrogen-bond acceptors (Lipinski definition) is 16. The van der Waals surface area contributed by atoms with Gasteiger partial charge in [-0.3, -0.25) is 0 Å². The number of aliphatic hydroxyl groups excluding tert-OH is 6. The molecule has 0 unspecified atom stereocenters. The molecule has 0 spiro atoms. The van der Waals surface area contributed by atoms with Gasteiger partial charge in [0.05, 0.1) is 52.9 Å². The Morgan fingerprint density at radius 1 is 0.397 bits per heavy atom. The number of hydrogen-bond donors (Lipinski definition) is 8. The maximum Gasteiger partial charge on any atom is 0.236 e. The first-order chi connectivity index (χ1) is 18.2. The van der Waals surface area contributed by atoms with Gasteiger partial charge in [-0.15, -0.1) is 0 Å². The summed E-state index contributed by atoms with van der Waals surface area (Å²) in [6, 6.07) is 0. The van der Waals surface area contributed by atoms with Crippen molar-refractivity contribution in [3.05, 3.63) is 14.2 Å². The van der Waals surface area contributed by atoms with E-state index in [1.807, 2.05) is 27.4 Å². The summed E-state index contributed by atoms with van der Waals surface area (Å²) < 4.78 is 25.9. The van der Waals surface area contributed by atoms with Crippen molar-refractivity contribution in [2.75, 3.05) is 80.3 Å². The largest absolute Gasteiger partial charge is 0.511 e. The summed E-state index contributed by atoms with van der Waals surface area (Å²) in [5.41, 5.74) is 0. The van der Waals surface area contributed by atoms with Gasteiger partial charge < -0.3 is 78.9 Å². The van der Waals surface area contributed by atoms with Crippen molar-refractivity contribution in [1.82, 2.24) is 0 Å². The van der Waals surface area contributed by atoms with E-state index < -0.39 is 13.0 Å². The summed E-state index contributed by atoms with van der Waals surface area (Å²) in [5.74, 6) is 0. The average molecular weight is 1340 g/mol. The summed E-state index contributed by atoms with van der Waals surface area (Å²) in [6.45, 7) is 8.52. The van der Waals surface area contributed by atoms with Gasteiger partial charge in [-0.05, 0) is 12.8 Å². The molecule has 0 aliphatic rings. The molecule has 0 amide bonds. The van der Waals surface area contributed by atoms with E-state index in [0.29, 0.717) is 26.4 Å². The van der Waals surface area contributed by atoms with Crippen LogP contribution in [0.15, 0.2) is 0 Å². The minimum Gasteiger partial charge on any atom is -0.511 e. The molecule has 16 nitrogen and oxygen atoms in total. The fourth-order valence-electron chi connectivity index (χ4n) is 0.804. The van der Waals surface area contributed by atoms with E-state index in [1.54, 1.807) is 14.2 Å². The zero-order chi connectivity index (χ0) is 31.9. The third-order valence-electron chi connectivity index (χ3n) is 2.06. The molecule has 8 N–H and O–H groups in total. The van der Waals surface area contributed by atoms with Crippen molar-refractivity contribution in [1.29, 1.82) is 0 Å². The fourth-order valence-corrected chi connectivity index (χ4v) is 0.804. The fraction of sp³-hybridized carbons (Fsp3) is 0.900. The van der Waals surface area contributed by atoms with Gasteiger partial charge in [-0.1, -0.05) is 148 Å². The van der Waals surface area contributed by atoms with Crippen LogP contribution in [0.3, 0.4) is 0 Å². The molecule has 0 aliphatic heterocycles. The van der Waals surface area contributed by atoms with E-state index >= 15 is 0 Å². The third kappa shape index (κ3) is 623. The topological polar surface area (TPSA) is 251 Å². The second-order valence-corrected chi connectivity index (χ2v) is 5.09. The summed E-state index contributed by atoms with van der Waals surface area (Å²) in [6.07, 6.45) is 2.06. The molecule has 0 aliphatic carbocycles. The smallest absolute Gasteiger partial charge is 0.236 e. The molecule has 0 radical (unpaired) electrons. The molecule has 0 aromatic rings. The van der Waals surface area contributed by atoms with Gasteiger partial charge in [0.2, 0.25) is 13.0 Å². The van der Waals surface area contributed by atoms with Crippen LogP contribution < -0.4 is 0 Å². The van der Waals surface area contributed by atoms with E-state index in [-0.39, 0.29) is 222 Å². The Balaban J connectivity index is -0.00000000661. The average Bonchev–Trinajstić information content (AvgIpc) is 2.94. The first-order valence-electron chi connectivity index (χ1n) is 10.9. The number of carbonyl (C=O) groups is 2. The van der Waals surface area contributed by atoms with E-state index in [0.717, 1.165) is 26.1 Å². The van der Waals surface area contributed by atoms with Crippen molar-refractivity contribution in [3.63, 3.8) is 0 Å². The van der Waals surface area contributed by atoms with Gasteiger partial charge in [0.1, 0.15) is 13.6 Å². The molecule has 392 valence electrons. The van der Waals surface area contributed by atoms with Gasteiger partial charge in [0.15, 0.2) is 0 Å². The van der Waals surface area contributed by atoms with E-state index in [4.69, 9.17) is 59.9 Å². The van der Waals surface area contributed by atoms with Crippen molar-refractivity contribution in [2.45, 2.75) is 173 Å². The standard InChI is InChI=1S/2C5H12O2.2C3H8O2.2C2H5O3.2CH2O.18CH4.2U/c2*1-2-4-7-5-3-6;2*1-5-3-2-4;2*1-5-2(3)4;2*1-2;;;;;;;;;;;;;;;;;;;;/h2*6H,2-5H2,1H3;2*4H,2-3H2,1H3;2*2-4H,1H2;2*1H2;18*1H4;;/q;;;;2*-1;;;;;;;;;;;;;;;;;;;;;;. The Bertz CT molecular complexity index is 263. The van der Waals surface area contributed by atoms with Gasteiger partial charge in [0, 0.05) is 89.7 Å². The zero-order valence-corrected chi connectivity index (χ0v) is 32.6. The maximum atomic E-state index is 8.17. The van der Waals surface area contributed by atoms with Crippen LogP contribution in [0.5, 0.6) is 0 Å². The van der Waals surface area contributed by atoms with Gasteiger partial charge in [-0.2, -0.15) is 0 Å². The molecular weight excluding hydrogens is 1210 g/mol. The minimum absolute atomic E-state index is 0. The maximum absolute atomic E-state index is 8.17. The molecule has 0 atom stereocenters. The number of aliphatic hydroxyl groups is 8. The molecule has 18 heteroatoms. The molecule has 0 saturated carbocycles.